The van der Waals surface area contributed by atoms with Crippen molar-refractivity contribution >= 4 is 5.69 Å². The Hall–Kier alpha value is -2.03. The van der Waals surface area contributed by atoms with Crippen LogP contribution in [-0.4, -0.2) is 10.1 Å². The molecular weight excluding hydrogens is 236 g/mol. The van der Waals surface area contributed by atoms with Gasteiger partial charge in [-0.3, -0.25) is 4.98 Å². The molecule has 1 aromatic heterocycles. The quantitative estimate of drug-likeness (QED) is 0.870. The normalized spacial score (nSPS) is 12.2. The molecule has 2 aromatic rings. The SMILES string of the molecule is CCC(Nc1ccc(C)nc1C)c1ccc(O)cc1. The maximum Gasteiger partial charge on any atom is 0.115 e. The number of phenolic OH excluding ortho intramolecular Hbond substituents is 1. The molecule has 0 bridgehead atoms. The molecule has 2 N–H and O–H groups in total. The Morgan fingerprint density at radius 1 is 1.11 bits per heavy atom. The van der Waals surface area contributed by atoms with Gasteiger partial charge in [0, 0.05) is 5.69 Å². The van der Waals surface area contributed by atoms with E-state index >= 15 is 0 Å². The smallest absolute Gasteiger partial charge is 0.115 e. The number of nitrogens with one attached hydrogen (secondary N) is 1. The summed E-state index contributed by atoms with van der Waals surface area (Å²) >= 11 is 0. The average molecular weight is 256 g/mol. The molecule has 1 atom stereocenters. The number of aryl methyl sites for hydroxylation is 2. The van der Waals surface area contributed by atoms with Crippen LogP contribution in [0.1, 0.15) is 36.3 Å². The van der Waals surface area contributed by atoms with E-state index in [1.54, 1.807) is 12.1 Å². The fourth-order valence-corrected chi connectivity index (χ4v) is 2.15. The molecule has 0 amide bonds. The van der Waals surface area contributed by atoms with Crippen molar-refractivity contribution in [1.82, 2.24) is 4.98 Å². The van der Waals surface area contributed by atoms with Crippen LogP contribution in [0.15, 0.2) is 36.4 Å². The second-order valence-corrected chi connectivity index (χ2v) is 4.78. The third-order valence-corrected chi connectivity index (χ3v) is 3.26. The number of hydrogen-bond donors (Lipinski definition) is 2. The Kier molecular flexibility index (Phi) is 4.05. The molecule has 1 aromatic carbocycles. The molecule has 0 fully saturated rings. The topological polar surface area (TPSA) is 45.2 Å². The summed E-state index contributed by atoms with van der Waals surface area (Å²) in [5.74, 6) is 0.298. The van der Waals surface area contributed by atoms with Gasteiger partial charge in [0.2, 0.25) is 0 Å². The van der Waals surface area contributed by atoms with Gasteiger partial charge in [0.15, 0.2) is 0 Å². The Bertz CT molecular complexity index is 549. The van der Waals surface area contributed by atoms with E-state index in [1.165, 1.54) is 5.56 Å². The predicted molar refractivity (Wildman–Crippen MR) is 78.5 cm³/mol. The molecule has 0 saturated carbocycles. The van der Waals surface area contributed by atoms with Gasteiger partial charge < -0.3 is 10.4 Å². The van der Waals surface area contributed by atoms with Gasteiger partial charge in [-0.2, -0.15) is 0 Å². The van der Waals surface area contributed by atoms with E-state index in [2.05, 4.69) is 23.3 Å². The summed E-state index contributed by atoms with van der Waals surface area (Å²) < 4.78 is 0. The van der Waals surface area contributed by atoms with Gasteiger partial charge in [-0.15, -0.1) is 0 Å². The lowest BCUT2D eigenvalue weighted by Crippen LogP contribution is -2.11. The Morgan fingerprint density at radius 2 is 1.79 bits per heavy atom. The van der Waals surface area contributed by atoms with Crippen molar-refractivity contribution in [3.05, 3.63) is 53.3 Å². The van der Waals surface area contributed by atoms with Gasteiger partial charge in [0.25, 0.3) is 0 Å². The van der Waals surface area contributed by atoms with Gasteiger partial charge in [-0.05, 0) is 50.1 Å². The van der Waals surface area contributed by atoms with Gasteiger partial charge in [-0.1, -0.05) is 19.1 Å². The fourth-order valence-electron chi connectivity index (χ4n) is 2.15. The highest BCUT2D eigenvalue weighted by Crippen LogP contribution is 2.25. The van der Waals surface area contributed by atoms with Crippen molar-refractivity contribution in [3.63, 3.8) is 0 Å². The minimum absolute atomic E-state index is 0.226. The second-order valence-electron chi connectivity index (χ2n) is 4.78. The number of aromatic hydroxyl groups is 1. The summed E-state index contributed by atoms with van der Waals surface area (Å²) in [7, 11) is 0. The van der Waals surface area contributed by atoms with Crippen molar-refractivity contribution < 1.29 is 5.11 Å². The van der Waals surface area contributed by atoms with Crippen molar-refractivity contribution in [1.29, 1.82) is 0 Å². The van der Waals surface area contributed by atoms with Gasteiger partial charge >= 0.3 is 0 Å². The first-order chi connectivity index (χ1) is 9.10. The summed E-state index contributed by atoms with van der Waals surface area (Å²) in [4.78, 5) is 4.47. The third kappa shape index (κ3) is 3.25. The van der Waals surface area contributed by atoms with Crippen molar-refractivity contribution in [3.8, 4) is 5.75 Å². The highest BCUT2D eigenvalue weighted by Gasteiger charge is 2.10. The van der Waals surface area contributed by atoms with Crippen LogP contribution in [0.2, 0.25) is 0 Å². The summed E-state index contributed by atoms with van der Waals surface area (Å²) in [5.41, 5.74) is 4.27. The van der Waals surface area contributed by atoms with Crippen LogP contribution in [0.4, 0.5) is 5.69 Å². The molecule has 0 aliphatic heterocycles. The van der Waals surface area contributed by atoms with Crippen LogP contribution in [0, 0.1) is 13.8 Å². The van der Waals surface area contributed by atoms with E-state index in [9.17, 15) is 5.11 Å². The molecule has 1 heterocycles. The lowest BCUT2D eigenvalue weighted by Gasteiger charge is -2.20. The van der Waals surface area contributed by atoms with E-state index in [4.69, 9.17) is 0 Å². The second kappa shape index (κ2) is 5.74. The van der Waals surface area contributed by atoms with Gasteiger partial charge in [-0.25, -0.2) is 0 Å². The summed E-state index contributed by atoms with van der Waals surface area (Å²) in [5, 5.41) is 12.9. The zero-order chi connectivity index (χ0) is 13.8. The summed E-state index contributed by atoms with van der Waals surface area (Å²) in [6.45, 7) is 6.15. The molecular formula is C16H20N2O. The summed E-state index contributed by atoms with van der Waals surface area (Å²) in [6, 6.07) is 11.7. The molecule has 0 aliphatic carbocycles. The number of aromatic nitrogens is 1. The van der Waals surface area contributed by atoms with Crippen LogP contribution in [0.5, 0.6) is 5.75 Å². The molecule has 3 heteroatoms. The fraction of sp³-hybridized carbons (Fsp3) is 0.312. The number of anilines is 1. The first-order valence-electron chi connectivity index (χ1n) is 6.60. The van der Waals surface area contributed by atoms with E-state index < -0.39 is 0 Å². The van der Waals surface area contributed by atoms with E-state index in [0.717, 1.165) is 23.5 Å². The third-order valence-electron chi connectivity index (χ3n) is 3.26. The minimum Gasteiger partial charge on any atom is -0.508 e. The number of benzene rings is 1. The maximum absolute atomic E-state index is 9.35. The van der Waals surface area contributed by atoms with Crippen LogP contribution in [0.25, 0.3) is 0 Å². The molecule has 2 rings (SSSR count). The molecule has 0 saturated heterocycles. The van der Waals surface area contributed by atoms with E-state index in [1.807, 2.05) is 32.0 Å². The lowest BCUT2D eigenvalue weighted by atomic mass is 10.0. The Labute approximate surface area is 114 Å². The Morgan fingerprint density at radius 3 is 2.37 bits per heavy atom. The largest absolute Gasteiger partial charge is 0.508 e. The molecule has 0 aliphatic rings. The molecule has 100 valence electrons. The Balaban J connectivity index is 2.21. The average Bonchev–Trinajstić information content (AvgIpc) is 2.39. The zero-order valence-electron chi connectivity index (χ0n) is 11.6. The minimum atomic E-state index is 0.226. The van der Waals surface area contributed by atoms with Crippen LogP contribution >= 0.6 is 0 Å². The lowest BCUT2D eigenvalue weighted by molar-refractivity contribution is 0.475. The van der Waals surface area contributed by atoms with E-state index in [0.29, 0.717) is 5.75 Å². The first-order valence-corrected chi connectivity index (χ1v) is 6.60. The van der Waals surface area contributed by atoms with Crippen molar-refractivity contribution in [2.24, 2.45) is 0 Å². The van der Waals surface area contributed by atoms with Crippen LogP contribution in [0.3, 0.4) is 0 Å². The summed E-state index contributed by atoms with van der Waals surface area (Å²) in [6.07, 6.45) is 0.970. The van der Waals surface area contributed by atoms with Crippen LogP contribution < -0.4 is 5.32 Å². The van der Waals surface area contributed by atoms with E-state index in [-0.39, 0.29) is 6.04 Å². The number of rotatable bonds is 4. The van der Waals surface area contributed by atoms with Gasteiger partial charge in [0.1, 0.15) is 5.75 Å². The molecule has 3 nitrogen and oxygen atoms in total. The molecule has 19 heavy (non-hydrogen) atoms. The number of pyridine rings is 1. The standard InChI is InChI=1S/C16H20N2O/c1-4-15(13-6-8-14(19)9-7-13)18-16-10-5-11(2)17-12(16)3/h5-10,15,18-19H,4H2,1-3H3. The number of nitrogens with zero attached hydrogens (tertiary/aromatic N) is 1. The monoisotopic (exact) mass is 256 g/mol. The maximum atomic E-state index is 9.35. The zero-order valence-corrected chi connectivity index (χ0v) is 11.6. The van der Waals surface area contributed by atoms with Gasteiger partial charge in [0.05, 0.1) is 17.4 Å². The first kappa shape index (κ1) is 13.4. The molecule has 1 unspecified atom stereocenters. The number of hydrogen-bond acceptors (Lipinski definition) is 3. The van der Waals surface area contributed by atoms with Crippen LogP contribution in [-0.2, 0) is 0 Å². The highest BCUT2D eigenvalue weighted by molar-refractivity contribution is 5.49. The number of phenols is 1. The molecule has 0 spiro atoms. The predicted octanol–water partition coefficient (Wildman–Crippen LogP) is 3.97. The van der Waals surface area contributed by atoms with Crippen molar-refractivity contribution in [2.75, 3.05) is 5.32 Å². The van der Waals surface area contributed by atoms with Crippen molar-refractivity contribution in [2.45, 2.75) is 33.2 Å². The highest BCUT2D eigenvalue weighted by atomic mass is 16.3. The molecule has 0 radical (unpaired) electrons.